The lowest BCUT2D eigenvalue weighted by atomic mass is 9.92. The van der Waals surface area contributed by atoms with Crippen LogP contribution in [0.3, 0.4) is 0 Å². The van der Waals surface area contributed by atoms with Gasteiger partial charge in [-0.1, -0.05) is 24.3 Å². The molecule has 1 fully saturated rings. The monoisotopic (exact) mass is 132 g/mol. The summed E-state index contributed by atoms with van der Waals surface area (Å²) in [5, 5.41) is 0. The molecule has 0 radical (unpaired) electrons. The maximum Gasteiger partial charge on any atom is 0.147 e. The first-order valence-corrected chi connectivity index (χ1v) is 3.78. The Labute approximate surface area is 59.4 Å². The zero-order valence-electron chi connectivity index (χ0n) is 5.53. The van der Waals surface area contributed by atoms with Crippen LogP contribution in [0.2, 0.25) is 0 Å². The van der Waals surface area contributed by atoms with Gasteiger partial charge in [0.2, 0.25) is 0 Å². The number of fused-ring (bicyclic) bond motifs is 2. The van der Waals surface area contributed by atoms with Gasteiger partial charge < -0.3 is 0 Å². The van der Waals surface area contributed by atoms with Crippen LogP contribution in [0.5, 0.6) is 0 Å². The van der Waals surface area contributed by atoms with E-state index in [-0.39, 0.29) is 5.92 Å². The van der Waals surface area contributed by atoms with Gasteiger partial charge in [0.25, 0.3) is 0 Å². The lowest BCUT2D eigenvalue weighted by molar-refractivity contribution is -0.122. The molecule has 3 rings (SSSR count). The summed E-state index contributed by atoms with van der Waals surface area (Å²) < 4.78 is 0. The third-order valence-corrected chi connectivity index (χ3v) is 2.87. The highest BCUT2D eigenvalue weighted by atomic mass is 16.1. The first-order valence-electron chi connectivity index (χ1n) is 3.78. The van der Waals surface area contributed by atoms with Crippen LogP contribution in [0.25, 0.3) is 0 Å². The molecule has 0 amide bonds. The summed E-state index contributed by atoms with van der Waals surface area (Å²) in [7, 11) is 0. The second-order valence-corrected chi connectivity index (χ2v) is 3.38. The Hall–Kier alpha value is -0.850. The van der Waals surface area contributed by atoms with Gasteiger partial charge in [0.15, 0.2) is 0 Å². The standard InChI is InChI=1S/C9H8O/c10-9-5-1-3-6-7(4-2-5)8(6)9/h1-8H/t5?,6-,7+,8?. The minimum atomic E-state index is 0.139. The Morgan fingerprint density at radius 1 is 1.00 bits per heavy atom. The normalized spacial score (nSPS) is 53.4. The number of allylic oxidation sites excluding steroid dienone is 4. The Bertz CT molecular complexity index is 242. The van der Waals surface area contributed by atoms with E-state index in [0.29, 0.717) is 23.5 Å². The van der Waals surface area contributed by atoms with Crippen molar-refractivity contribution in [3.8, 4) is 0 Å². The average Bonchev–Trinajstić information content (AvgIpc) is 2.59. The molecule has 0 heterocycles. The van der Waals surface area contributed by atoms with E-state index in [2.05, 4.69) is 12.2 Å². The van der Waals surface area contributed by atoms with Crippen molar-refractivity contribution in [2.24, 2.45) is 23.7 Å². The number of carbonyl (C=O) groups is 1. The van der Waals surface area contributed by atoms with E-state index in [0.717, 1.165) is 0 Å². The van der Waals surface area contributed by atoms with Crippen molar-refractivity contribution in [3.05, 3.63) is 24.3 Å². The van der Waals surface area contributed by atoms with Crippen molar-refractivity contribution in [1.82, 2.24) is 0 Å². The van der Waals surface area contributed by atoms with E-state index in [4.69, 9.17) is 0 Å². The minimum Gasteiger partial charge on any atom is -0.298 e. The topological polar surface area (TPSA) is 17.1 Å². The van der Waals surface area contributed by atoms with Crippen molar-refractivity contribution in [2.45, 2.75) is 0 Å². The average molecular weight is 132 g/mol. The molecule has 0 saturated heterocycles. The molecule has 2 bridgehead atoms. The van der Waals surface area contributed by atoms with Gasteiger partial charge in [-0.05, 0) is 11.8 Å². The third kappa shape index (κ3) is 0.367. The first kappa shape index (κ1) is 4.89. The summed E-state index contributed by atoms with van der Waals surface area (Å²) in [6, 6.07) is 0. The van der Waals surface area contributed by atoms with Crippen LogP contribution in [0, 0.1) is 23.7 Å². The predicted octanol–water partition coefficient (Wildman–Crippen LogP) is 1.17. The van der Waals surface area contributed by atoms with Gasteiger partial charge in [0.1, 0.15) is 5.78 Å². The molecule has 0 aliphatic heterocycles. The zero-order chi connectivity index (χ0) is 6.72. The fraction of sp³-hybridized carbons (Fsp3) is 0.444. The molecule has 50 valence electrons. The van der Waals surface area contributed by atoms with Crippen LogP contribution < -0.4 is 0 Å². The van der Waals surface area contributed by atoms with Crippen LogP contribution in [0.1, 0.15) is 0 Å². The summed E-state index contributed by atoms with van der Waals surface area (Å²) in [4.78, 5) is 11.3. The Morgan fingerprint density at radius 2 is 1.60 bits per heavy atom. The van der Waals surface area contributed by atoms with E-state index in [1.165, 1.54) is 0 Å². The highest BCUT2D eigenvalue weighted by Crippen LogP contribution is 2.55. The van der Waals surface area contributed by atoms with Crippen LogP contribution in [-0.4, -0.2) is 5.78 Å². The van der Waals surface area contributed by atoms with Gasteiger partial charge in [0, 0.05) is 5.92 Å². The zero-order valence-corrected chi connectivity index (χ0v) is 5.53. The second-order valence-electron chi connectivity index (χ2n) is 3.38. The molecular formula is C9H8O. The maximum atomic E-state index is 11.3. The molecule has 0 aromatic heterocycles. The number of rotatable bonds is 0. The highest BCUT2D eigenvalue weighted by molar-refractivity contribution is 5.93. The van der Waals surface area contributed by atoms with Gasteiger partial charge in [0.05, 0.1) is 5.92 Å². The molecule has 0 aromatic rings. The number of carbonyl (C=O) groups excluding carboxylic acids is 1. The number of hydrogen-bond donors (Lipinski definition) is 0. The minimum absolute atomic E-state index is 0.139. The van der Waals surface area contributed by atoms with Crippen LogP contribution in [-0.2, 0) is 4.79 Å². The molecule has 0 spiro atoms. The van der Waals surface area contributed by atoms with Crippen LogP contribution in [0.4, 0.5) is 0 Å². The smallest absolute Gasteiger partial charge is 0.147 e. The summed E-state index contributed by atoms with van der Waals surface area (Å²) in [6.45, 7) is 0. The van der Waals surface area contributed by atoms with Gasteiger partial charge in [-0.25, -0.2) is 0 Å². The van der Waals surface area contributed by atoms with Crippen LogP contribution in [0.15, 0.2) is 24.3 Å². The molecule has 0 N–H and O–H groups in total. The van der Waals surface area contributed by atoms with E-state index in [1.54, 1.807) is 0 Å². The third-order valence-electron chi connectivity index (χ3n) is 2.87. The van der Waals surface area contributed by atoms with E-state index < -0.39 is 0 Å². The van der Waals surface area contributed by atoms with Gasteiger partial charge in [-0.3, -0.25) is 4.79 Å². The lowest BCUT2D eigenvalue weighted by Crippen LogP contribution is -2.17. The molecule has 3 aliphatic carbocycles. The molecule has 0 aromatic carbocycles. The Kier molecular flexibility index (Phi) is 0.618. The van der Waals surface area contributed by atoms with E-state index in [9.17, 15) is 4.79 Å². The summed E-state index contributed by atoms with van der Waals surface area (Å²) in [5.74, 6) is 2.16. The molecule has 3 aliphatic rings. The summed E-state index contributed by atoms with van der Waals surface area (Å²) in [5.41, 5.74) is 0. The van der Waals surface area contributed by atoms with Gasteiger partial charge in [-0.15, -0.1) is 0 Å². The molecule has 10 heavy (non-hydrogen) atoms. The predicted molar refractivity (Wildman–Crippen MR) is 37.2 cm³/mol. The summed E-state index contributed by atoms with van der Waals surface area (Å²) >= 11 is 0. The van der Waals surface area contributed by atoms with Crippen molar-refractivity contribution in [2.75, 3.05) is 0 Å². The second kappa shape index (κ2) is 1.26. The number of Topliss-reactive ketones (excluding diaryl/α,β-unsaturated/α-hetero) is 1. The Morgan fingerprint density at radius 3 is 2.10 bits per heavy atom. The number of ketones is 1. The van der Waals surface area contributed by atoms with Gasteiger partial charge >= 0.3 is 0 Å². The van der Waals surface area contributed by atoms with E-state index >= 15 is 0 Å². The van der Waals surface area contributed by atoms with Crippen molar-refractivity contribution < 1.29 is 4.79 Å². The van der Waals surface area contributed by atoms with Crippen molar-refractivity contribution >= 4 is 5.78 Å². The highest BCUT2D eigenvalue weighted by Gasteiger charge is 2.56. The SMILES string of the molecule is O=C1C2C=C[C@@H]3C1[C@@H]3C=C2. The first-order chi connectivity index (χ1) is 4.88. The van der Waals surface area contributed by atoms with Crippen molar-refractivity contribution in [3.63, 3.8) is 0 Å². The Balaban J connectivity index is 2.21. The molecule has 1 nitrogen and oxygen atoms in total. The molecule has 4 atom stereocenters. The fourth-order valence-electron chi connectivity index (χ4n) is 2.21. The molecule has 1 heteroatoms. The molecule has 1 saturated carbocycles. The maximum absolute atomic E-state index is 11.3. The number of hydrogen-bond acceptors (Lipinski definition) is 1. The lowest BCUT2D eigenvalue weighted by Gasteiger charge is -2.11. The fourth-order valence-corrected chi connectivity index (χ4v) is 2.21. The summed E-state index contributed by atoms with van der Waals surface area (Å²) in [6.07, 6.45) is 8.52. The molecular weight excluding hydrogens is 124 g/mol. The quantitative estimate of drug-likeness (QED) is 0.452. The van der Waals surface area contributed by atoms with E-state index in [1.807, 2.05) is 12.2 Å². The van der Waals surface area contributed by atoms with Gasteiger partial charge in [-0.2, -0.15) is 0 Å². The van der Waals surface area contributed by atoms with Crippen LogP contribution >= 0.6 is 0 Å². The largest absolute Gasteiger partial charge is 0.298 e. The molecule has 2 unspecified atom stereocenters. The van der Waals surface area contributed by atoms with Crippen molar-refractivity contribution in [1.29, 1.82) is 0 Å².